The van der Waals surface area contributed by atoms with E-state index >= 15 is 0 Å². The molecular formula is C20H20N4O2. The van der Waals surface area contributed by atoms with Gasteiger partial charge in [0, 0.05) is 31.1 Å². The van der Waals surface area contributed by atoms with E-state index in [0.29, 0.717) is 24.6 Å². The lowest BCUT2D eigenvalue weighted by Gasteiger charge is -2.24. The third-order valence-corrected chi connectivity index (χ3v) is 4.64. The molecule has 26 heavy (non-hydrogen) atoms. The molecule has 6 nitrogen and oxygen atoms in total. The van der Waals surface area contributed by atoms with Crippen molar-refractivity contribution in [2.75, 3.05) is 6.54 Å². The highest BCUT2D eigenvalue weighted by atomic mass is 16.4. The first kappa shape index (κ1) is 16.4. The summed E-state index contributed by atoms with van der Waals surface area (Å²) in [7, 11) is 0. The van der Waals surface area contributed by atoms with Crippen molar-refractivity contribution in [2.24, 2.45) is 0 Å². The van der Waals surface area contributed by atoms with Crippen molar-refractivity contribution in [3.05, 3.63) is 66.3 Å². The summed E-state index contributed by atoms with van der Waals surface area (Å²) in [5, 5.41) is 8.14. The lowest BCUT2D eigenvalue weighted by molar-refractivity contribution is -0.132. The molecule has 0 aliphatic carbocycles. The molecule has 1 amide bonds. The van der Waals surface area contributed by atoms with Crippen LogP contribution in [-0.2, 0) is 11.2 Å². The summed E-state index contributed by atoms with van der Waals surface area (Å²) >= 11 is 0. The second-order valence-electron chi connectivity index (χ2n) is 6.37. The van der Waals surface area contributed by atoms with Crippen molar-refractivity contribution in [2.45, 2.75) is 31.7 Å². The molecule has 1 atom stereocenters. The molecule has 0 radical (unpaired) electrons. The smallest absolute Gasteiger partial charge is 0.247 e. The summed E-state index contributed by atoms with van der Waals surface area (Å²) in [5.74, 6) is 1.09. The molecule has 0 N–H and O–H groups in total. The molecule has 1 aromatic carbocycles. The Labute approximate surface area is 151 Å². The highest BCUT2D eigenvalue weighted by molar-refractivity contribution is 5.77. The number of pyridine rings is 1. The fraction of sp³-hybridized carbons (Fsp3) is 0.300. The van der Waals surface area contributed by atoms with Gasteiger partial charge in [-0.15, -0.1) is 10.2 Å². The molecule has 3 heterocycles. The molecule has 3 aromatic rings. The largest absolute Gasteiger partial charge is 0.421 e. The minimum atomic E-state index is 0.0752. The van der Waals surface area contributed by atoms with Crippen LogP contribution in [-0.4, -0.2) is 32.5 Å². The lowest BCUT2D eigenvalue weighted by Crippen LogP contribution is -2.31. The maximum atomic E-state index is 12.7. The Hall–Kier alpha value is -3.02. The van der Waals surface area contributed by atoms with E-state index in [9.17, 15) is 4.79 Å². The summed E-state index contributed by atoms with van der Waals surface area (Å²) < 4.78 is 5.69. The average Bonchev–Trinajstić information content (AvgIpc) is 3.37. The standard InChI is InChI=1S/C20H20N4O2/c25-19(24-14-6-10-17(24)16-9-4-5-13-21-16)12-11-18-22-23-20(26-18)15-7-2-1-3-8-15/h1-5,7-9,13,17H,6,10-12,14H2/t17-/m0/s1. The highest BCUT2D eigenvalue weighted by Gasteiger charge is 2.30. The monoisotopic (exact) mass is 348 g/mol. The summed E-state index contributed by atoms with van der Waals surface area (Å²) in [5.41, 5.74) is 1.84. The second kappa shape index (κ2) is 7.47. The summed E-state index contributed by atoms with van der Waals surface area (Å²) in [4.78, 5) is 19.0. The number of carbonyl (C=O) groups excluding carboxylic acids is 1. The molecule has 132 valence electrons. The van der Waals surface area contributed by atoms with Gasteiger partial charge in [-0.05, 0) is 37.1 Å². The number of hydrogen-bond acceptors (Lipinski definition) is 5. The van der Waals surface area contributed by atoms with E-state index in [2.05, 4.69) is 15.2 Å². The zero-order valence-corrected chi connectivity index (χ0v) is 14.4. The van der Waals surface area contributed by atoms with Crippen molar-refractivity contribution < 1.29 is 9.21 Å². The van der Waals surface area contributed by atoms with Crippen molar-refractivity contribution in [1.29, 1.82) is 0 Å². The molecular weight excluding hydrogens is 328 g/mol. The molecule has 4 rings (SSSR count). The second-order valence-corrected chi connectivity index (χ2v) is 6.37. The molecule has 1 saturated heterocycles. The third kappa shape index (κ3) is 3.49. The normalized spacial score (nSPS) is 16.8. The minimum absolute atomic E-state index is 0.0752. The number of hydrogen-bond donors (Lipinski definition) is 0. The number of amides is 1. The molecule has 2 aromatic heterocycles. The topological polar surface area (TPSA) is 72.1 Å². The van der Waals surface area contributed by atoms with Crippen LogP contribution in [0.5, 0.6) is 0 Å². The summed E-state index contributed by atoms with van der Waals surface area (Å²) in [6, 6.07) is 15.5. The first-order valence-electron chi connectivity index (χ1n) is 8.89. The van der Waals surface area contributed by atoms with Crippen LogP contribution in [0.25, 0.3) is 11.5 Å². The Morgan fingerprint density at radius 3 is 2.77 bits per heavy atom. The Bertz CT molecular complexity index is 864. The third-order valence-electron chi connectivity index (χ3n) is 4.64. The van der Waals surface area contributed by atoms with Crippen LogP contribution in [0.1, 0.15) is 36.9 Å². The number of aryl methyl sites for hydroxylation is 1. The van der Waals surface area contributed by atoms with Gasteiger partial charge in [-0.2, -0.15) is 0 Å². The van der Waals surface area contributed by atoms with Crippen LogP contribution in [0.2, 0.25) is 0 Å². The molecule has 1 fully saturated rings. The first-order chi connectivity index (χ1) is 12.8. The molecule has 0 bridgehead atoms. The maximum Gasteiger partial charge on any atom is 0.247 e. The van der Waals surface area contributed by atoms with Crippen LogP contribution < -0.4 is 0 Å². The van der Waals surface area contributed by atoms with Crippen molar-refractivity contribution in [3.63, 3.8) is 0 Å². The van der Waals surface area contributed by atoms with Gasteiger partial charge < -0.3 is 9.32 Å². The molecule has 0 spiro atoms. The summed E-state index contributed by atoms with van der Waals surface area (Å²) in [6.07, 6.45) is 4.55. The van der Waals surface area contributed by atoms with Gasteiger partial charge in [0.05, 0.1) is 11.7 Å². The number of likely N-dealkylation sites (tertiary alicyclic amines) is 1. The van der Waals surface area contributed by atoms with Crippen LogP contribution >= 0.6 is 0 Å². The number of nitrogens with zero attached hydrogens (tertiary/aromatic N) is 4. The lowest BCUT2D eigenvalue weighted by atomic mass is 10.1. The molecule has 0 saturated carbocycles. The van der Waals surface area contributed by atoms with Gasteiger partial charge in [0.25, 0.3) is 0 Å². The van der Waals surface area contributed by atoms with E-state index in [1.54, 1.807) is 6.20 Å². The molecule has 6 heteroatoms. The minimum Gasteiger partial charge on any atom is -0.421 e. The fourth-order valence-electron chi connectivity index (χ4n) is 3.36. The zero-order chi connectivity index (χ0) is 17.8. The van der Waals surface area contributed by atoms with Crippen molar-refractivity contribution in [1.82, 2.24) is 20.1 Å². The Morgan fingerprint density at radius 2 is 1.96 bits per heavy atom. The Balaban J connectivity index is 1.39. The maximum absolute atomic E-state index is 12.7. The number of benzene rings is 1. The van der Waals surface area contributed by atoms with Crippen LogP contribution in [0.3, 0.4) is 0 Å². The summed E-state index contributed by atoms with van der Waals surface area (Å²) in [6.45, 7) is 0.777. The van der Waals surface area contributed by atoms with Crippen molar-refractivity contribution in [3.8, 4) is 11.5 Å². The van der Waals surface area contributed by atoms with E-state index in [-0.39, 0.29) is 11.9 Å². The fourth-order valence-corrected chi connectivity index (χ4v) is 3.36. The van der Waals surface area contributed by atoms with Crippen LogP contribution in [0.15, 0.2) is 59.1 Å². The number of aromatic nitrogens is 3. The number of rotatable bonds is 5. The molecule has 0 unspecified atom stereocenters. The van der Waals surface area contributed by atoms with Crippen LogP contribution in [0.4, 0.5) is 0 Å². The predicted octanol–water partition coefficient (Wildman–Crippen LogP) is 3.43. The van der Waals surface area contributed by atoms with Gasteiger partial charge in [-0.1, -0.05) is 24.3 Å². The molecule has 1 aliphatic heterocycles. The highest BCUT2D eigenvalue weighted by Crippen LogP contribution is 2.31. The molecule has 1 aliphatic rings. The van der Waals surface area contributed by atoms with Gasteiger partial charge >= 0.3 is 0 Å². The van der Waals surface area contributed by atoms with Gasteiger partial charge in [-0.3, -0.25) is 9.78 Å². The average molecular weight is 348 g/mol. The van der Waals surface area contributed by atoms with Crippen molar-refractivity contribution >= 4 is 5.91 Å². The zero-order valence-electron chi connectivity index (χ0n) is 14.4. The van der Waals surface area contributed by atoms with Gasteiger partial charge in [0.2, 0.25) is 17.7 Å². The number of carbonyl (C=O) groups is 1. The Morgan fingerprint density at radius 1 is 1.12 bits per heavy atom. The first-order valence-corrected chi connectivity index (χ1v) is 8.89. The quantitative estimate of drug-likeness (QED) is 0.706. The predicted molar refractivity (Wildman–Crippen MR) is 96.0 cm³/mol. The van der Waals surface area contributed by atoms with E-state index in [4.69, 9.17) is 4.42 Å². The van der Waals surface area contributed by atoms with Gasteiger partial charge in [0.1, 0.15) is 0 Å². The van der Waals surface area contributed by atoms with Crippen LogP contribution in [0, 0.1) is 0 Å². The van der Waals surface area contributed by atoms with Gasteiger partial charge in [-0.25, -0.2) is 0 Å². The van der Waals surface area contributed by atoms with Gasteiger partial charge in [0.15, 0.2) is 0 Å². The van der Waals surface area contributed by atoms with E-state index < -0.39 is 0 Å². The van der Waals surface area contributed by atoms with E-state index in [0.717, 1.165) is 30.6 Å². The SMILES string of the molecule is O=C(CCc1nnc(-c2ccccc2)o1)N1CCC[C@H]1c1ccccn1. The van der Waals surface area contributed by atoms with E-state index in [1.165, 1.54) is 0 Å². The van der Waals surface area contributed by atoms with E-state index in [1.807, 2.05) is 53.4 Å². The Kier molecular flexibility index (Phi) is 4.73.